The molecule has 1 aromatic carbocycles. The summed E-state index contributed by atoms with van der Waals surface area (Å²) in [6.07, 6.45) is 2.41. The van der Waals surface area contributed by atoms with Crippen LogP contribution < -0.4 is 4.74 Å². The molecular formula is C20H29BrN2O5S. The summed E-state index contributed by atoms with van der Waals surface area (Å²) >= 11 is 3.38. The van der Waals surface area contributed by atoms with Crippen molar-refractivity contribution >= 4 is 31.9 Å². The summed E-state index contributed by atoms with van der Waals surface area (Å²) in [5.41, 5.74) is 0. The third-order valence-corrected chi connectivity index (χ3v) is 8.18. The second kappa shape index (κ2) is 8.91. The highest BCUT2D eigenvalue weighted by molar-refractivity contribution is 9.10. The van der Waals surface area contributed by atoms with E-state index in [9.17, 15) is 18.3 Å². The van der Waals surface area contributed by atoms with Crippen LogP contribution in [0.2, 0.25) is 0 Å². The van der Waals surface area contributed by atoms with Crippen molar-refractivity contribution in [1.82, 2.24) is 9.21 Å². The fraction of sp³-hybridized carbons (Fsp3) is 0.650. The summed E-state index contributed by atoms with van der Waals surface area (Å²) < 4.78 is 34.7. The van der Waals surface area contributed by atoms with E-state index in [2.05, 4.69) is 15.9 Å². The molecule has 3 rings (SSSR count). The Kier molecular flexibility index (Phi) is 6.92. The first-order chi connectivity index (χ1) is 13.6. The highest BCUT2D eigenvalue weighted by atomic mass is 79.9. The first-order valence-electron chi connectivity index (χ1n) is 9.96. The predicted molar refractivity (Wildman–Crippen MR) is 113 cm³/mol. The maximum Gasteiger partial charge on any atom is 0.247 e. The molecule has 29 heavy (non-hydrogen) atoms. The van der Waals surface area contributed by atoms with Gasteiger partial charge in [-0.15, -0.1) is 0 Å². The molecule has 1 aliphatic heterocycles. The van der Waals surface area contributed by atoms with Gasteiger partial charge in [-0.05, 0) is 43.9 Å². The molecular weight excluding hydrogens is 460 g/mol. The Morgan fingerprint density at radius 1 is 1.41 bits per heavy atom. The van der Waals surface area contributed by atoms with Gasteiger partial charge in [-0.2, -0.15) is 4.31 Å². The molecule has 0 radical (unpaired) electrons. The van der Waals surface area contributed by atoms with Crippen molar-refractivity contribution in [2.45, 2.75) is 50.2 Å². The normalized spacial score (nSPS) is 25.3. The van der Waals surface area contributed by atoms with Gasteiger partial charge >= 0.3 is 0 Å². The van der Waals surface area contributed by atoms with Gasteiger partial charge < -0.3 is 14.7 Å². The molecule has 1 aliphatic carbocycles. The largest absolute Gasteiger partial charge is 0.487 e. The zero-order chi connectivity index (χ0) is 21.3. The standard InChI is InChI=1S/C20H29BrN2O5S/c1-13-10-23(14(2)12-24)29(26,27)19-7-6-16(21)9-17(19)28-18(13)11-22(3)20(25)8-15-4-5-15/h6-7,9,13-15,18,24H,4-5,8,10-12H2,1-3H3/t13-,14+,18+/m1/s1. The number of rotatable bonds is 6. The predicted octanol–water partition coefficient (Wildman–Crippen LogP) is 2.48. The summed E-state index contributed by atoms with van der Waals surface area (Å²) in [4.78, 5) is 14.2. The smallest absolute Gasteiger partial charge is 0.247 e. The van der Waals surface area contributed by atoms with E-state index in [1.807, 2.05) is 6.92 Å². The Labute approximate surface area is 181 Å². The number of amides is 1. The van der Waals surface area contributed by atoms with E-state index in [4.69, 9.17) is 4.74 Å². The SMILES string of the molecule is C[C@@H]1CN([C@@H](C)CO)S(=O)(=O)c2ccc(Br)cc2O[C@H]1CN(C)C(=O)CC1CC1. The van der Waals surface area contributed by atoms with E-state index in [0.29, 0.717) is 23.4 Å². The van der Waals surface area contributed by atoms with Crippen molar-refractivity contribution in [3.63, 3.8) is 0 Å². The van der Waals surface area contributed by atoms with E-state index in [1.54, 1.807) is 31.0 Å². The fourth-order valence-corrected chi connectivity index (χ4v) is 5.68. The van der Waals surface area contributed by atoms with Crippen LogP contribution in [0.3, 0.4) is 0 Å². The number of carbonyl (C=O) groups is 1. The molecule has 1 aromatic rings. The fourth-order valence-electron chi connectivity index (χ4n) is 3.51. The number of fused-ring (bicyclic) bond motifs is 1. The molecule has 1 saturated carbocycles. The number of benzene rings is 1. The molecule has 0 saturated heterocycles. The van der Waals surface area contributed by atoms with E-state index < -0.39 is 16.1 Å². The summed E-state index contributed by atoms with van der Waals surface area (Å²) in [7, 11) is -2.06. The number of nitrogens with zero attached hydrogens (tertiary/aromatic N) is 2. The number of ether oxygens (including phenoxy) is 1. The van der Waals surface area contributed by atoms with Crippen LogP contribution in [0, 0.1) is 11.8 Å². The van der Waals surface area contributed by atoms with Gasteiger partial charge in [0.15, 0.2) is 0 Å². The van der Waals surface area contributed by atoms with Gasteiger partial charge in [-0.3, -0.25) is 4.79 Å². The summed E-state index contributed by atoms with van der Waals surface area (Å²) in [5, 5.41) is 9.64. The topological polar surface area (TPSA) is 87.2 Å². The third-order valence-electron chi connectivity index (χ3n) is 5.67. The highest BCUT2D eigenvalue weighted by Gasteiger charge is 2.38. The molecule has 1 heterocycles. The average molecular weight is 489 g/mol. The van der Waals surface area contributed by atoms with Crippen LogP contribution >= 0.6 is 15.9 Å². The van der Waals surface area contributed by atoms with Crippen molar-refractivity contribution < 1.29 is 23.1 Å². The quantitative estimate of drug-likeness (QED) is 0.664. The molecule has 1 N–H and O–H groups in total. The van der Waals surface area contributed by atoms with Gasteiger partial charge in [-0.1, -0.05) is 22.9 Å². The molecule has 0 spiro atoms. The Morgan fingerprint density at radius 3 is 2.72 bits per heavy atom. The van der Waals surface area contributed by atoms with E-state index >= 15 is 0 Å². The van der Waals surface area contributed by atoms with Gasteiger partial charge in [0.2, 0.25) is 15.9 Å². The monoisotopic (exact) mass is 488 g/mol. The first-order valence-corrected chi connectivity index (χ1v) is 12.2. The van der Waals surface area contributed by atoms with Crippen LogP contribution in [-0.4, -0.2) is 67.5 Å². The van der Waals surface area contributed by atoms with E-state index in [0.717, 1.165) is 12.8 Å². The third kappa shape index (κ3) is 5.13. The second-order valence-electron chi connectivity index (χ2n) is 8.25. The number of carbonyl (C=O) groups excluding carboxylic acids is 1. The van der Waals surface area contributed by atoms with Crippen LogP contribution in [0.15, 0.2) is 27.6 Å². The molecule has 9 heteroatoms. The van der Waals surface area contributed by atoms with Crippen molar-refractivity contribution in [3.8, 4) is 5.75 Å². The highest BCUT2D eigenvalue weighted by Crippen LogP contribution is 2.36. The van der Waals surface area contributed by atoms with Gasteiger partial charge in [0.1, 0.15) is 16.7 Å². The molecule has 7 nitrogen and oxygen atoms in total. The lowest BCUT2D eigenvalue weighted by Gasteiger charge is -2.37. The summed E-state index contributed by atoms with van der Waals surface area (Å²) in [5.74, 6) is 0.674. The summed E-state index contributed by atoms with van der Waals surface area (Å²) in [6, 6.07) is 4.26. The minimum Gasteiger partial charge on any atom is -0.487 e. The van der Waals surface area contributed by atoms with E-state index in [-0.39, 0.29) is 41.7 Å². The molecule has 0 bridgehead atoms. The maximum atomic E-state index is 13.3. The van der Waals surface area contributed by atoms with Crippen molar-refractivity contribution in [2.24, 2.45) is 11.8 Å². The first kappa shape index (κ1) is 22.5. The van der Waals surface area contributed by atoms with Gasteiger partial charge in [0.05, 0.1) is 13.2 Å². The molecule has 2 aliphatic rings. The van der Waals surface area contributed by atoms with Crippen molar-refractivity contribution in [1.29, 1.82) is 0 Å². The second-order valence-corrected chi connectivity index (χ2v) is 11.0. The molecule has 0 aromatic heterocycles. The number of hydrogen-bond donors (Lipinski definition) is 1. The number of sulfonamides is 1. The maximum absolute atomic E-state index is 13.3. The van der Waals surface area contributed by atoms with Gasteiger partial charge in [0.25, 0.3) is 0 Å². The lowest BCUT2D eigenvalue weighted by atomic mass is 10.0. The zero-order valence-electron chi connectivity index (χ0n) is 17.0. The van der Waals surface area contributed by atoms with Crippen LogP contribution in [0.5, 0.6) is 5.75 Å². The lowest BCUT2D eigenvalue weighted by molar-refractivity contribution is -0.131. The van der Waals surface area contributed by atoms with Gasteiger partial charge in [-0.25, -0.2) is 8.42 Å². The molecule has 1 fully saturated rings. The molecule has 162 valence electrons. The summed E-state index contributed by atoms with van der Waals surface area (Å²) in [6.45, 7) is 3.91. The lowest BCUT2D eigenvalue weighted by Crippen LogP contribution is -2.50. The number of aliphatic hydroxyl groups excluding tert-OH is 1. The number of hydrogen-bond acceptors (Lipinski definition) is 5. The molecule has 3 atom stereocenters. The average Bonchev–Trinajstić information content (AvgIpc) is 3.47. The van der Waals surface area contributed by atoms with Crippen molar-refractivity contribution in [2.75, 3.05) is 26.7 Å². The van der Waals surface area contributed by atoms with Crippen LogP contribution in [-0.2, 0) is 14.8 Å². The number of halogens is 1. The minimum atomic E-state index is -3.83. The number of aliphatic hydroxyl groups is 1. The van der Waals surface area contributed by atoms with Crippen LogP contribution in [0.25, 0.3) is 0 Å². The van der Waals surface area contributed by atoms with Crippen LogP contribution in [0.1, 0.15) is 33.1 Å². The van der Waals surface area contributed by atoms with E-state index in [1.165, 1.54) is 10.4 Å². The van der Waals surface area contributed by atoms with Gasteiger partial charge in [0, 0.05) is 36.4 Å². The van der Waals surface area contributed by atoms with Crippen molar-refractivity contribution in [3.05, 3.63) is 22.7 Å². The number of likely N-dealkylation sites (N-methyl/N-ethyl adjacent to an activating group) is 1. The molecule has 0 unspecified atom stereocenters. The minimum absolute atomic E-state index is 0.0739. The zero-order valence-corrected chi connectivity index (χ0v) is 19.4. The Balaban J connectivity index is 1.92. The van der Waals surface area contributed by atoms with Crippen LogP contribution in [0.4, 0.5) is 0 Å². The molecule has 1 amide bonds. The Bertz CT molecular complexity index is 858. The Hall–Kier alpha value is -1.16. The Morgan fingerprint density at radius 2 is 2.10 bits per heavy atom.